The van der Waals surface area contributed by atoms with Crippen LogP contribution >= 0.6 is 0 Å². The Balaban J connectivity index is 1.15. The van der Waals surface area contributed by atoms with Crippen LogP contribution in [0.3, 0.4) is 0 Å². The van der Waals surface area contributed by atoms with Crippen molar-refractivity contribution in [3.8, 4) is 5.75 Å². The zero-order valence-corrected chi connectivity index (χ0v) is 16.0. The lowest BCUT2D eigenvalue weighted by Crippen LogP contribution is -2.29. The number of ether oxygens (including phenoxy) is 1. The van der Waals surface area contributed by atoms with E-state index in [1.165, 1.54) is 5.56 Å². The van der Waals surface area contributed by atoms with Crippen molar-refractivity contribution < 1.29 is 4.74 Å². The first-order valence-corrected chi connectivity index (χ1v) is 10.0. The first-order valence-electron chi connectivity index (χ1n) is 10.0. The Morgan fingerprint density at radius 1 is 1.07 bits per heavy atom. The van der Waals surface area contributed by atoms with Crippen molar-refractivity contribution in [2.45, 2.75) is 32.3 Å². The van der Waals surface area contributed by atoms with E-state index in [1.54, 1.807) is 0 Å². The number of hydrogen-bond donors (Lipinski definition) is 1. The Labute approximate surface area is 164 Å². The van der Waals surface area contributed by atoms with Gasteiger partial charge in [0.2, 0.25) is 5.95 Å². The number of anilines is 2. The number of nitrogens with zero attached hydrogens (tertiary/aromatic N) is 6. The third-order valence-corrected chi connectivity index (χ3v) is 5.98. The molecule has 1 saturated heterocycles. The monoisotopic (exact) mass is 379 g/mol. The molecule has 1 N–H and O–H groups in total. The van der Waals surface area contributed by atoms with Gasteiger partial charge in [0.05, 0.1) is 11.8 Å². The maximum atomic E-state index is 6.26. The van der Waals surface area contributed by atoms with Gasteiger partial charge >= 0.3 is 0 Å². The van der Waals surface area contributed by atoms with Crippen LogP contribution in [0.25, 0.3) is 0 Å². The standard InChI is InChI=1S/C20H25N7O/c1-2-14-9-21-20(22-10-14)26-11-15-7-19(8-16(15)12-26)28-18-5-3-17(4-6-18)27-13-23-24-25-27/h3-6,9-10,15-16,19H,2,7-8,11-13H2,1H3,(H,23,25). The predicted octanol–water partition coefficient (Wildman–Crippen LogP) is 2.98. The fraction of sp³-hybridized carbons (Fsp3) is 0.500. The molecule has 1 aliphatic carbocycles. The number of hydrazine groups is 1. The van der Waals surface area contributed by atoms with Crippen molar-refractivity contribution >= 4 is 11.6 Å². The van der Waals surface area contributed by atoms with Crippen LogP contribution < -0.4 is 20.2 Å². The highest BCUT2D eigenvalue weighted by Crippen LogP contribution is 2.40. The van der Waals surface area contributed by atoms with Gasteiger partial charge in [0.15, 0.2) is 6.67 Å². The molecule has 3 heterocycles. The molecule has 2 aromatic rings. The van der Waals surface area contributed by atoms with Gasteiger partial charge in [0.25, 0.3) is 0 Å². The molecule has 146 valence electrons. The SMILES string of the molecule is CCc1cnc(N2CC3CC(Oc4ccc(N5CN=NN5)cc4)CC3C2)nc1. The highest BCUT2D eigenvalue weighted by Gasteiger charge is 2.42. The summed E-state index contributed by atoms with van der Waals surface area (Å²) in [5.41, 5.74) is 5.07. The van der Waals surface area contributed by atoms with Crippen molar-refractivity contribution in [3.63, 3.8) is 0 Å². The quantitative estimate of drug-likeness (QED) is 0.860. The van der Waals surface area contributed by atoms with Gasteiger partial charge in [-0.1, -0.05) is 12.1 Å². The molecule has 8 heteroatoms. The zero-order chi connectivity index (χ0) is 18.9. The number of benzene rings is 1. The lowest BCUT2D eigenvalue weighted by Gasteiger charge is -2.20. The van der Waals surface area contributed by atoms with Crippen molar-refractivity contribution in [3.05, 3.63) is 42.2 Å². The number of aryl methyl sites for hydroxylation is 1. The second kappa shape index (κ2) is 7.26. The Hall–Kier alpha value is -2.90. The molecule has 1 saturated carbocycles. The van der Waals surface area contributed by atoms with Gasteiger partial charge in [-0.2, -0.15) is 5.53 Å². The van der Waals surface area contributed by atoms with E-state index in [-0.39, 0.29) is 0 Å². The van der Waals surface area contributed by atoms with Crippen LogP contribution in [0.1, 0.15) is 25.3 Å². The maximum absolute atomic E-state index is 6.26. The number of rotatable bonds is 5. The lowest BCUT2D eigenvalue weighted by molar-refractivity contribution is 0.200. The minimum Gasteiger partial charge on any atom is -0.490 e. The van der Waals surface area contributed by atoms with Crippen LogP contribution in [-0.4, -0.2) is 35.8 Å². The molecule has 0 amide bonds. The first-order chi connectivity index (χ1) is 13.8. The molecule has 5 rings (SSSR count). The molecule has 2 fully saturated rings. The molecule has 1 aromatic heterocycles. The maximum Gasteiger partial charge on any atom is 0.225 e. The summed E-state index contributed by atoms with van der Waals surface area (Å²) in [4.78, 5) is 11.4. The molecule has 28 heavy (non-hydrogen) atoms. The normalized spacial score (nSPS) is 25.8. The molecule has 3 aliphatic rings. The Bertz CT molecular complexity index is 817. The van der Waals surface area contributed by atoms with Crippen molar-refractivity contribution in [1.82, 2.24) is 15.5 Å². The third-order valence-electron chi connectivity index (χ3n) is 5.98. The third kappa shape index (κ3) is 3.34. The van der Waals surface area contributed by atoms with E-state index in [4.69, 9.17) is 4.74 Å². The summed E-state index contributed by atoms with van der Waals surface area (Å²) in [6.07, 6.45) is 7.37. The topological polar surface area (TPSA) is 78.2 Å². The summed E-state index contributed by atoms with van der Waals surface area (Å²) in [5, 5.41) is 9.57. The summed E-state index contributed by atoms with van der Waals surface area (Å²) in [7, 11) is 0. The fourth-order valence-corrected chi connectivity index (χ4v) is 4.45. The van der Waals surface area contributed by atoms with Crippen molar-refractivity contribution in [2.24, 2.45) is 22.2 Å². The van der Waals surface area contributed by atoms with Crippen LogP contribution in [0.15, 0.2) is 47.0 Å². The van der Waals surface area contributed by atoms with E-state index in [1.807, 2.05) is 41.7 Å². The number of fused-ring (bicyclic) bond motifs is 1. The van der Waals surface area contributed by atoms with E-state index >= 15 is 0 Å². The molecule has 0 spiro atoms. The van der Waals surface area contributed by atoms with E-state index in [0.29, 0.717) is 24.6 Å². The van der Waals surface area contributed by atoms with Gasteiger partial charge in [-0.25, -0.2) is 15.0 Å². The first kappa shape index (κ1) is 17.2. The number of hydrogen-bond acceptors (Lipinski definition) is 8. The lowest BCUT2D eigenvalue weighted by atomic mass is 10.0. The summed E-state index contributed by atoms with van der Waals surface area (Å²) in [5.74, 6) is 3.12. The van der Waals surface area contributed by atoms with Gasteiger partial charge in [-0.15, -0.1) is 5.11 Å². The van der Waals surface area contributed by atoms with E-state index in [0.717, 1.165) is 49.7 Å². The van der Waals surface area contributed by atoms with Crippen LogP contribution in [0, 0.1) is 11.8 Å². The zero-order valence-electron chi connectivity index (χ0n) is 16.0. The van der Waals surface area contributed by atoms with Gasteiger partial charge in [0.1, 0.15) is 5.75 Å². The molecule has 0 bridgehead atoms. The molecule has 0 radical (unpaired) electrons. The van der Waals surface area contributed by atoms with Crippen LogP contribution in [-0.2, 0) is 6.42 Å². The predicted molar refractivity (Wildman–Crippen MR) is 106 cm³/mol. The van der Waals surface area contributed by atoms with E-state index < -0.39 is 0 Å². The van der Waals surface area contributed by atoms with Crippen LogP contribution in [0.5, 0.6) is 5.75 Å². The average molecular weight is 379 g/mol. The van der Waals surface area contributed by atoms with Crippen molar-refractivity contribution in [2.75, 3.05) is 29.7 Å². The molecule has 8 nitrogen and oxygen atoms in total. The van der Waals surface area contributed by atoms with Crippen LogP contribution in [0.2, 0.25) is 0 Å². The largest absolute Gasteiger partial charge is 0.490 e. The second-order valence-electron chi connectivity index (χ2n) is 7.79. The Morgan fingerprint density at radius 2 is 1.79 bits per heavy atom. The highest BCUT2D eigenvalue weighted by atomic mass is 16.5. The van der Waals surface area contributed by atoms with Gasteiger partial charge < -0.3 is 9.64 Å². The molecule has 2 aliphatic heterocycles. The van der Waals surface area contributed by atoms with Gasteiger partial charge in [0, 0.05) is 25.5 Å². The minimum absolute atomic E-state index is 0.293. The number of aromatic nitrogens is 2. The summed E-state index contributed by atoms with van der Waals surface area (Å²) in [6, 6.07) is 8.12. The minimum atomic E-state index is 0.293. The molecular formula is C20H25N7O. The number of nitrogens with one attached hydrogen (secondary N) is 1. The molecule has 1 aromatic carbocycles. The van der Waals surface area contributed by atoms with E-state index in [9.17, 15) is 0 Å². The molecule has 2 atom stereocenters. The second-order valence-corrected chi connectivity index (χ2v) is 7.79. The fourth-order valence-electron chi connectivity index (χ4n) is 4.45. The van der Waals surface area contributed by atoms with E-state index in [2.05, 4.69) is 37.7 Å². The molecule has 2 unspecified atom stereocenters. The summed E-state index contributed by atoms with van der Waals surface area (Å²) in [6.45, 7) is 4.72. The van der Waals surface area contributed by atoms with Gasteiger partial charge in [-0.3, -0.25) is 0 Å². The summed E-state index contributed by atoms with van der Waals surface area (Å²) >= 11 is 0. The molecular weight excluding hydrogens is 354 g/mol. The smallest absolute Gasteiger partial charge is 0.225 e. The summed E-state index contributed by atoms with van der Waals surface area (Å²) < 4.78 is 6.26. The highest BCUT2D eigenvalue weighted by molar-refractivity contribution is 5.48. The van der Waals surface area contributed by atoms with Crippen molar-refractivity contribution in [1.29, 1.82) is 0 Å². The van der Waals surface area contributed by atoms with Crippen LogP contribution in [0.4, 0.5) is 11.6 Å². The Morgan fingerprint density at radius 3 is 2.39 bits per heavy atom. The average Bonchev–Trinajstić information content (AvgIpc) is 3.45. The van der Waals surface area contributed by atoms with Gasteiger partial charge in [-0.05, 0) is 60.9 Å². The Kier molecular flexibility index (Phi) is 4.46.